The van der Waals surface area contributed by atoms with E-state index < -0.39 is 4.92 Å². The summed E-state index contributed by atoms with van der Waals surface area (Å²) in [6.45, 7) is 1.38. The van der Waals surface area contributed by atoms with Gasteiger partial charge in [0, 0.05) is 30.7 Å². The minimum absolute atomic E-state index is 0.0171. The Morgan fingerprint density at radius 3 is 2.84 bits per heavy atom. The monoisotopic (exact) mass is 327 g/mol. The minimum atomic E-state index is -0.424. The maximum Gasteiger partial charge on any atom is 0.293 e. The second kappa shape index (κ2) is 7.71. The van der Waals surface area contributed by atoms with E-state index in [1.807, 2.05) is 6.07 Å². The molecule has 0 saturated carbocycles. The van der Waals surface area contributed by atoms with Crippen LogP contribution in [0.1, 0.15) is 6.42 Å². The topological polar surface area (TPSA) is 79.4 Å². The highest BCUT2D eigenvalue weighted by Gasteiger charge is 2.19. The van der Waals surface area contributed by atoms with Crippen molar-refractivity contribution in [3.8, 4) is 6.07 Å². The summed E-state index contributed by atoms with van der Waals surface area (Å²) >= 11 is 3.22. The molecule has 1 rings (SSSR count). The first-order valence-corrected chi connectivity index (χ1v) is 6.44. The molecule has 0 bridgehead atoms. The molecule has 0 aliphatic heterocycles. The third-order valence-corrected chi connectivity index (χ3v) is 3.03. The second-order valence-corrected chi connectivity index (χ2v) is 4.69. The van der Waals surface area contributed by atoms with Gasteiger partial charge in [0.15, 0.2) is 0 Å². The van der Waals surface area contributed by atoms with Crippen molar-refractivity contribution < 1.29 is 9.66 Å². The van der Waals surface area contributed by atoms with Crippen molar-refractivity contribution in [2.24, 2.45) is 0 Å². The van der Waals surface area contributed by atoms with Gasteiger partial charge in [0.2, 0.25) is 0 Å². The van der Waals surface area contributed by atoms with Gasteiger partial charge < -0.3 is 9.64 Å². The lowest BCUT2D eigenvalue weighted by Crippen LogP contribution is -2.28. The van der Waals surface area contributed by atoms with Gasteiger partial charge in [-0.25, -0.2) is 0 Å². The molecule has 0 aromatic heterocycles. The Hall–Kier alpha value is -1.65. The van der Waals surface area contributed by atoms with Crippen molar-refractivity contribution in [2.45, 2.75) is 6.42 Å². The Morgan fingerprint density at radius 2 is 2.26 bits per heavy atom. The molecule has 6 nitrogen and oxygen atoms in total. The van der Waals surface area contributed by atoms with Crippen LogP contribution in [0, 0.1) is 21.4 Å². The third-order valence-electron chi connectivity index (χ3n) is 2.53. The molecule has 1 aromatic rings. The van der Waals surface area contributed by atoms with Gasteiger partial charge in [-0.15, -0.1) is 0 Å². The quantitative estimate of drug-likeness (QED) is 0.568. The van der Waals surface area contributed by atoms with Crippen molar-refractivity contribution in [1.82, 2.24) is 0 Å². The minimum Gasteiger partial charge on any atom is -0.383 e. The maximum absolute atomic E-state index is 11.1. The van der Waals surface area contributed by atoms with Crippen LogP contribution >= 0.6 is 15.9 Å². The zero-order valence-corrected chi connectivity index (χ0v) is 12.1. The van der Waals surface area contributed by atoms with Gasteiger partial charge in [-0.3, -0.25) is 10.1 Å². The van der Waals surface area contributed by atoms with Crippen LogP contribution in [0.3, 0.4) is 0 Å². The van der Waals surface area contributed by atoms with Crippen LogP contribution in [0.5, 0.6) is 0 Å². The number of halogens is 1. The molecule has 0 spiro atoms. The molecule has 0 fully saturated rings. The average molecular weight is 328 g/mol. The summed E-state index contributed by atoms with van der Waals surface area (Å²) in [7, 11) is 1.57. The molecule has 0 aliphatic rings. The van der Waals surface area contributed by atoms with Crippen LogP contribution in [0.15, 0.2) is 22.7 Å². The zero-order chi connectivity index (χ0) is 14.3. The first kappa shape index (κ1) is 15.4. The van der Waals surface area contributed by atoms with Crippen LogP contribution < -0.4 is 4.90 Å². The second-order valence-electron chi connectivity index (χ2n) is 3.78. The number of ether oxygens (including phenoxy) is 1. The van der Waals surface area contributed by atoms with E-state index in [1.165, 1.54) is 6.07 Å². The normalized spacial score (nSPS) is 9.95. The average Bonchev–Trinajstić information content (AvgIpc) is 2.39. The van der Waals surface area contributed by atoms with Crippen molar-refractivity contribution in [3.05, 3.63) is 32.8 Å². The van der Waals surface area contributed by atoms with Crippen LogP contribution in [0.25, 0.3) is 0 Å². The van der Waals surface area contributed by atoms with Crippen LogP contribution in [-0.2, 0) is 4.74 Å². The number of hydrogen-bond donors (Lipinski definition) is 0. The van der Waals surface area contributed by atoms with Gasteiger partial charge in [0.05, 0.1) is 24.0 Å². The summed E-state index contributed by atoms with van der Waals surface area (Å²) in [5.74, 6) is 0. The standard InChI is InChI=1S/C12H14BrN3O3/c1-19-8-7-15(6-2-5-14)11-4-3-10(13)9-12(11)16(17)18/h3-4,9H,2,6-8H2,1H3. The van der Waals surface area contributed by atoms with Gasteiger partial charge in [-0.2, -0.15) is 5.26 Å². The van der Waals surface area contributed by atoms with E-state index in [-0.39, 0.29) is 5.69 Å². The molecular weight excluding hydrogens is 314 g/mol. The van der Waals surface area contributed by atoms with Gasteiger partial charge in [0.1, 0.15) is 5.69 Å². The summed E-state index contributed by atoms with van der Waals surface area (Å²) in [5.41, 5.74) is 0.518. The fourth-order valence-electron chi connectivity index (χ4n) is 1.65. The SMILES string of the molecule is COCCN(CCC#N)c1ccc(Br)cc1[N+](=O)[O-]. The summed E-state index contributed by atoms with van der Waals surface area (Å²) in [6.07, 6.45) is 0.303. The first-order chi connectivity index (χ1) is 9.10. The zero-order valence-electron chi connectivity index (χ0n) is 10.5. The number of nitro groups is 1. The van der Waals surface area contributed by atoms with E-state index in [1.54, 1.807) is 24.1 Å². The molecule has 0 atom stereocenters. The van der Waals surface area contributed by atoms with Gasteiger partial charge >= 0.3 is 0 Å². The highest BCUT2D eigenvalue weighted by Crippen LogP contribution is 2.31. The number of nitro benzene ring substituents is 1. The predicted molar refractivity (Wildman–Crippen MR) is 75.1 cm³/mol. The van der Waals surface area contributed by atoms with Crippen molar-refractivity contribution in [3.63, 3.8) is 0 Å². The molecule has 0 amide bonds. The lowest BCUT2D eigenvalue weighted by Gasteiger charge is -2.23. The number of methoxy groups -OCH3 is 1. The fourth-order valence-corrected chi connectivity index (χ4v) is 2.00. The number of rotatable bonds is 7. The Morgan fingerprint density at radius 1 is 1.53 bits per heavy atom. The van der Waals surface area contributed by atoms with E-state index in [2.05, 4.69) is 15.9 Å². The molecule has 7 heteroatoms. The molecule has 102 valence electrons. The number of benzene rings is 1. The molecule has 0 saturated heterocycles. The van der Waals surface area contributed by atoms with E-state index in [9.17, 15) is 10.1 Å². The molecule has 1 aromatic carbocycles. The molecule has 0 heterocycles. The molecule has 0 N–H and O–H groups in total. The number of hydrogen-bond acceptors (Lipinski definition) is 5. The molecule has 0 aliphatic carbocycles. The number of nitriles is 1. The number of nitrogens with zero attached hydrogens (tertiary/aromatic N) is 3. The summed E-state index contributed by atoms with van der Waals surface area (Å²) in [5, 5.41) is 19.7. The Balaban J connectivity index is 3.06. The highest BCUT2D eigenvalue weighted by molar-refractivity contribution is 9.10. The Kier molecular flexibility index (Phi) is 6.25. The van der Waals surface area contributed by atoms with Gasteiger partial charge in [-0.05, 0) is 12.1 Å². The Bertz CT molecular complexity index is 488. The molecular formula is C12H14BrN3O3. The molecule has 0 unspecified atom stereocenters. The smallest absolute Gasteiger partial charge is 0.293 e. The van der Waals surface area contributed by atoms with E-state index in [0.717, 1.165) is 0 Å². The summed E-state index contributed by atoms with van der Waals surface area (Å²) < 4.78 is 5.64. The van der Waals surface area contributed by atoms with E-state index in [0.29, 0.717) is 36.3 Å². The maximum atomic E-state index is 11.1. The fraction of sp³-hybridized carbons (Fsp3) is 0.417. The van der Waals surface area contributed by atoms with E-state index in [4.69, 9.17) is 10.00 Å². The number of anilines is 1. The third kappa shape index (κ3) is 4.50. The lowest BCUT2D eigenvalue weighted by molar-refractivity contribution is -0.384. The van der Waals surface area contributed by atoms with Crippen LogP contribution in [0.2, 0.25) is 0 Å². The molecule has 19 heavy (non-hydrogen) atoms. The van der Waals surface area contributed by atoms with Crippen molar-refractivity contribution >= 4 is 27.3 Å². The molecule has 0 radical (unpaired) electrons. The largest absolute Gasteiger partial charge is 0.383 e. The lowest BCUT2D eigenvalue weighted by atomic mass is 10.2. The van der Waals surface area contributed by atoms with E-state index >= 15 is 0 Å². The summed E-state index contributed by atoms with van der Waals surface area (Å²) in [6, 6.07) is 6.92. The highest BCUT2D eigenvalue weighted by atomic mass is 79.9. The van der Waals surface area contributed by atoms with Gasteiger partial charge in [-0.1, -0.05) is 15.9 Å². The van der Waals surface area contributed by atoms with Crippen molar-refractivity contribution in [2.75, 3.05) is 31.7 Å². The Labute approximate surface area is 119 Å². The van der Waals surface area contributed by atoms with Crippen LogP contribution in [-0.4, -0.2) is 31.7 Å². The van der Waals surface area contributed by atoms with Gasteiger partial charge in [0.25, 0.3) is 5.69 Å². The summed E-state index contributed by atoms with van der Waals surface area (Å²) in [4.78, 5) is 12.5. The predicted octanol–water partition coefficient (Wildman–Crippen LogP) is 2.72. The first-order valence-electron chi connectivity index (χ1n) is 5.65. The van der Waals surface area contributed by atoms with Crippen molar-refractivity contribution in [1.29, 1.82) is 5.26 Å². The van der Waals surface area contributed by atoms with Crippen LogP contribution in [0.4, 0.5) is 11.4 Å².